The normalized spacial score (nSPS) is 11.6. The molecular formula is C10H7ClF4O2. The summed E-state index contributed by atoms with van der Waals surface area (Å²) in [6.07, 6.45) is -3.31. The Bertz CT molecular complexity index is 409. The Morgan fingerprint density at radius 3 is 2.53 bits per heavy atom. The molecule has 1 aromatic carbocycles. The maximum atomic E-state index is 12.5. The van der Waals surface area contributed by atoms with Crippen LogP contribution >= 0.6 is 11.6 Å². The van der Waals surface area contributed by atoms with E-state index in [2.05, 4.69) is 4.74 Å². The van der Waals surface area contributed by atoms with E-state index in [0.717, 1.165) is 6.07 Å². The largest absolute Gasteiger partial charge is 0.486 e. The van der Waals surface area contributed by atoms with Gasteiger partial charge in [-0.25, -0.2) is 8.78 Å². The zero-order valence-electron chi connectivity index (χ0n) is 8.30. The van der Waals surface area contributed by atoms with E-state index in [4.69, 9.17) is 11.6 Å². The van der Waals surface area contributed by atoms with Crippen LogP contribution in [0, 0.1) is 0 Å². The van der Waals surface area contributed by atoms with E-state index in [9.17, 15) is 22.4 Å². The summed E-state index contributed by atoms with van der Waals surface area (Å²) in [5.41, 5.74) is 0.225. The molecular weight excluding hydrogens is 264 g/mol. The number of alkyl halides is 4. The first-order valence-corrected chi connectivity index (χ1v) is 4.78. The Hall–Kier alpha value is -1.30. The van der Waals surface area contributed by atoms with Crippen molar-refractivity contribution in [2.75, 3.05) is 6.61 Å². The minimum atomic E-state index is -4.24. The maximum Gasteiger partial charge on any atom is 0.340 e. The fraction of sp³-hybridized carbons (Fsp3) is 0.300. The summed E-state index contributed by atoms with van der Waals surface area (Å²) in [7, 11) is 0. The van der Waals surface area contributed by atoms with Crippen molar-refractivity contribution in [3.05, 3.63) is 28.8 Å². The second-order valence-corrected chi connectivity index (χ2v) is 3.57. The summed E-state index contributed by atoms with van der Waals surface area (Å²) in [5, 5.41) is -0.0975. The summed E-state index contributed by atoms with van der Waals surface area (Å²) < 4.78 is 53.2. The summed E-state index contributed by atoms with van der Waals surface area (Å²) in [4.78, 5) is 10.4. The summed E-state index contributed by atoms with van der Waals surface area (Å²) in [6.45, 7) is -1.48. The van der Waals surface area contributed by atoms with Gasteiger partial charge in [0.1, 0.15) is 12.0 Å². The molecule has 0 heterocycles. The molecule has 94 valence electrons. The first-order valence-electron chi connectivity index (χ1n) is 4.40. The molecule has 0 atom stereocenters. The third-order valence-electron chi connectivity index (χ3n) is 1.83. The Morgan fingerprint density at radius 2 is 2.06 bits per heavy atom. The number of halogens is 5. The van der Waals surface area contributed by atoms with E-state index in [1.54, 1.807) is 0 Å². The SMILES string of the molecule is O=Cc1ccc(OCC(F)(F)C(F)F)c(Cl)c1. The summed E-state index contributed by atoms with van der Waals surface area (Å²) in [5.74, 6) is -4.43. The van der Waals surface area contributed by atoms with Crippen LogP contribution in [0.25, 0.3) is 0 Å². The van der Waals surface area contributed by atoms with Crippen LogP contribution in [0.5, 0.6) is 5.75 Å². The highest BCUT2D eigenvalue weighted by Crippen LogP contribution is 2.28. The highest BCUT2D eigenvalue weighted by molar-refractivity contribution is 6.32. The van der Waals surface area contributed by atoms with Gasteiger partial charge in [0.15, 0.2) is 6.61 Å². The lowest BCUT2D eigenvalue weighted by atomic mass is 10.2. The molecule has 0 amide bonds. The van der Waals surface area contributed by atoms with Gasteiger partial charge in [-0.3, -0.25) is 4.79 Å². The summed E-state index contributed by atoms with van der Waals surface area (Å²) >= 11 is 5.60. The van der Waals surface area contributed by atoms with Crippen LogP contribution in [-0.2, 0) is 0 Å². The second-order valence-electron chi connectivity index (χ2n) is 3.16. The number of hydrogen-bond donors (Lipinski definition) is 0. The van der Waals surface area contributed by atoms with Gasteiger partial charge in [-0.05, 0) is 18.2 Å². The lowest BCUT2D eigenvalue weighted by Gasteiger charge is -2.16. The third-order valence-corrected chi connectivity index (χ3v) is 2.13. The number of carbonyl (C=O) groups excluding carboxylic acids is 1. The molecule has 0 saturated carbocycles. The first-order chi connectivity index (χ1) is 7.86. The molecule has 2 nitrogen and oxygen atoms in total. The van der Waals surface area contributed by atoms with Crippen molar-refractivity contribution in [2.45, 2.75) is 12.3 Å². The van der Waals surface area contributed by atoms with Gasteiger partial charge in [0.25, 0.3) is 0 Å². The van der Waals surface area contributed by atoms with Crippen molar-refractivity contribution in [3.63, 3.8) is 0 Å². The van der Waals surface area contributed by atoms with Crippen molar-refractivity contribution in [3.8, 4) is 5.75 Å². The number of carbonyl (C=O) groups is 1. The third kappa shape index (κ3) is 3.59. The van der Waals surface area contributed by atoms with Crippen molar-refractivity contribution < 1.29 is 27.1 Å². The monoisotopic (exact) mass is 270 g/mol. The lowest BCUT2D eigenvalue weighted by Crippen LogP contribution is -2.33. The number of hydrogen-bond acceptors (Lipinski definition) is 2. The van der Waals surface area contributed by atoms with Gasteiger partial charge in [0.2, 0.25) is 0 Å². The molecule has 0 aliphatic carbocycles. The van der Waals surface area contributed by atoms with Gasteiger partial charge in [0, 0.05) is 5.56 Å². The van der Waals surface area contributed by atoms with Crippen LogP contribution in [0.2, 0.25) is 5.02 Å². The van der Waals surface area contributed by atoms with Crippen LogP contribution in [0.3, 0.4) is 0 Å². The molecule has 0 spiro atoms. The molecule has 0 fully saturated rings. The fourth-order valence-electron chi connectivity index (χ4n) is 0.944. The lowest BCUT2D eigenvalue weighted by molar-refractivity contribution is -0.148. The number of benzene rings is 1. The quantitative estimate of drug-likeness (QED) is 0.605. The van der Waals surface area contributed by atoms with Gasteiger partial charge in [0.05, 0.1) is 5.02 Å². The Balaban J connectivity index is 2.73. The van der Waals surface area contributed by atoms with E-state index in [1.165, 1.54) is 12.1 Å². The average Bonchev–Trinajstić information content (AvgIpc) is 2.27. The molecule has 7 heteroatoms. The number of ether oxygens (including phenoxy) is 1. The molecule has 0 aromatic heterocycles. The number of aldehydes is 1. The van der Waals surface area contributed by atoms with Crippen LogP contribution in [0.1, 0.15) is 10.4 Å². The van der Waals surface area contributed by atoms with E-state index >= 15 is 0 Å². The fourth-order valence-corrected chi connectivity index (χ4v) is 1.19. The maximum absolute atomic E-state index is 12.5. The predicted molar refractivity (Wildman–Crippen MR) is 53.3 cm³/mol. The molecule has 0 N–H and O–H groups in total. The predicted octanol–water partition coefficient (Wildman–Crippen LogP) is 3.43. The van der Waals surface area contributed by atoms with Gasteiger partial charge in [-0.2, -0.15) is 8.78 Å². The zero-order chi connectivity index (χ0) is 13.1. The molecule has 1 rings (SSSR count). The molecule has 1 aromatic rings. The Morgan fingerprint density at radius 1 is 1.41 bits per heavy atom. The highest BCUT2D eigenvalue weighted by atomic mass is 35.5. The Labute approximate surface area is 99.1 Å². The molecule has 0 unspecified atom stereocenters. The van der Waals surface area contributed by atoms with Gasteiger partial charge >= 0.3 is 12.3 Å². The zero-order valence-corrected chi connectivity index (χ0v) is 9.06. The van der Waals surface area contributed by atoms with E-state index < -0.39 is 19.0 Å². The van der Waals surface area contributed by atoms with Crippen molar-refractivity contribution >= 4 is 17.9 Å². The van der Waals surface area contributed by atoms with Crippen molar-refractivity contribution in [1.82, 2.24) is 0 Å². The molecule has 17 heavy (non-hydrogen) atoms. The first kappa shape index (κ1) is 13.8. The molecule has 0 bridgehead atoms. The second kappa shape index (κ2) is 5.35. The molecule has 0 radical (unpaired) electrons. The smallest absolute Gasteiger partial charge is 0.340 e. The van der Waals surface area contributed by atoms with Crippen LogP contribution in [0.4, 0.5) is 17.6 Å². The Kier molecular flexibility index (Phi) is 4.34. The summed E-state index contributed by atoms with van der Waals surface area (Å²) in [6, 6.07) is 3.62. The average molecular weight is 271 g/mol. The minimum Gasteiger partial charge on any atom is -0.486 e. The van der Waals surface area contributed by atoms with Crippen LogP contribution in [-0.4, -0.2) is 25.2 Å². The van der Waals surface area contributed by atoms with Crippen molar-refractivity contribution in [1.29, 1.82) is 0 Å². The van der Waals surface area contributed by atoms with E-state index in [0.29, 0.717) is 6.29 Å². The van der Waals surface area contributed by atoms with E-state index in [-0.39, 0.29) is 16.3 Å². The van der Waals surface area contributed by atoms with E-state index in [1.807, 2.05) is 0 Å². The van der Waals surface area contributed by atoms with Crippen LogP contribution in [0.15, 0.2) is 18.2 Å². The number of rotatable bonds is 5. The van der Waals surface area contributed by atoms with Crippen LogP contribution < -0.4 is 4.74 Å². The van der Waals surface area contributed by atoms with Gasteiger partial charge in [-0.15, -0.1) is 0 Å². The topological polar surface area (TPSA) is 26.3 Å². The standard InChI is InChI=1S/C10H7ClF4O2/c11-7-3-6(4-16)1-2-8(7)17-5-10(14,15)9(12)13/h1-4,9H,5H2. The highest BCUT2D eigenvalue weighted by Gasteiger charge is 2.41. The van der Waals surface area contributed by atoms with Gasteiger partial charge < -0.3 is 4.74 Å². The van der Waals surface area contributed by atoms with Crippen molar-refractivity contribution in [2.24, 2.45) is 0 Å². The van der Waals surface area contributed by atoms with Gasteiger partial charge in [-0.1, -0.05) is 11.6 Å². The molecule has 0 aliphatic heterocycles. The minimum absolute atomic E-state index is 0.0975. The molecule has 0 aliphatic rings. The molecule has 0 saturated heterocycles.